The van der Waals surface area contributed by atoms with E-state index in [1.165, 1.54) is 30.4 Å². The summed E-state index contributed by atoms with van der Waals surface area (Å²) >= 11 is 0. The second kappa shape index (κ2) is 13.2. The Morgan fingerprint density at radius 2 is 2.02 bits per heavy atom. The van der Waals surface area contributed by atoms with Gasteiger partial charge < -0.3 is 19.6 Å². The monoisotopic (exact) mass is 562 g/mol. The van der Waals surface area contributed by atoms with Gasteiger partial charge in [0, 0.05) is 29.4 Å². The summed E-state index contributed by atoms with van der Waals surface area (Å²) in [6.45, 7) is 9.94. The van der Waals surface area contributed by atoms with Gasteiger partial charge in [0.2, 0.25) is 5.82 Å². The van der Waals surface area contributed by atoms with Crippen LogP contribution in [0.5, 0.6) is 0 Å². The third-order valence-corrected chi connectivity index (χ3v) is 9.37. The van der Waals surface area contributed by atoms with Gasteiger partial charge in [-0.2, -0.15) is 5.26 Å². The standard InChI is InChI=1S/C32H43N5O2S/c1-31(2)15-11-24(12-16-31)27-19-25(32(22-34-3)13-7-6-8-14-32)9-10-28(27)36-30(38)29-35-26(20-33)21-37(29)23-39-17-18-40(4)5/h9-11,19,21H,3,6-8,12-18,22-23H2,1-2,4-5H3/p+1. The maximum Gasteiger partial charge on any atom is 0.291 e. The van der Waals surface area contributed by atoms with Gasteiger partial charge in [0.1, 0.15) is 18.6 Å². The molecule has 1 amide bonds. The molecular weight excluding hydrogens is 518 g/mol. The van der Waals surface area contributed by atoms with Crippen molar-refractivity contribution in [3.63, 3.8) is 0 Å². The van der Waals surface area contributed by atoms with Crippen LogP contribution >= 0.6 is 0 Å². The molecule has 1 heterocycles. The number of allylic oxidation sites excluding steroid dienone is 2. The molecule has 0 aliphatic heterocycles. The number of carbonyl (C=O) groups is 1. The van der Waals surface area contributed by atoms with Gasteiger partial charge in [-0.3, -0.25) is 4.79 Å². The van der Waals surface area contributed by atoms with Crippen molar-refractivity contribution < 1.29 is 9.53 Å². The number of nitriles is 1. The molecule has 0 atom stereocenters. The van der Waals surface area contributed by atoms with Crippen LogP contribution in [0.1, 0.15) is 92.7 Å². The van der Waals surface area contributed by atoms with Crippen LogP contribution in [0.3, 0.4) is 0 Å². The summed E-state index contributed by atoms with van der Waals surface area (Å²) in [7, 11) is 0.274. The van der Waals surface area contributed by atoms with Crippen LogP contribution in [0.15, 0.2) is 35.5 Å². The molecule has 1 saturated carbocycles. The van der Waals surface area contributed by atoms with Gasteiger partial charge in [0.15, 0.2) is 5.69 Å². The van der Waals surface area contributed by atoms with E-state index in [0.717, 1.165) is 55.7 Å². The molecule has 40 heavy (non-hydrogen) atoms. The predicted octanol–water partition coefficient (Wildman–Crippen LogP) is 6.36. The molecule has 0 spiro atoms. The largest absolute Gasteiger partial charge is 0.356 e. The van der Waals surface area contributed by atoms with Crippen molar-refractivity contribution in [2.75, 3.05) is 36.7 Å². The number of amides is 1. The first-order valence-electron chi connectivity index (χ1n) is 14.3. The third-order valence-electron chi connectivity index (χ3n) is 8.38. The molecule has 0 unspecified atom stereocenters. The molecule has 8 heteroatoms. The fraction of sp³-hybridized carbons (Fsp3) is 0.562. The Morgan fingerprint density at radius 1 is 1.25 bits per heavy atom. The lowest BCUT2D eigenvalue weighted by Gasteiger charge is -2.37. The molecule has 1 aromatic heterocycles. The summed E-state index contributed by atoms with van der Waals surface area (Å²) in [4.78, 5) is 22.3. The molecular formula is C32H44N5O2S+. The third kappa shape index (κ3) is 7.24. The minimum absolute atomic E-state index is 0.00235. The van der Waals surface area contributed by atoms with E-state index in [0.29, 0.717) is 6.61 Å². The number of aromatic nitrogens is 2. The molecule has 0 saturated heterocycles. The zero-order valence-electron chi connectivity index (χ0n) is 24.6. The lowest BCUT2D eigenvalue weighted by molar-refractivity contribution is 0.0827. The smallest absolute Gasteiger partial charge is 0.291 e. The van der Waals surface area contributed by atoms with Crippen LogP contribution in [0.2, 0.25) is 0 Å². The number of nitrogens with zero attached hydrogens (tertiary/aromatic N) is 4. The Balaban J connectivity index is 1.66. The highest BCUT2D eigenvalue weighted by Gasteiger charge is 2.34. The second-order valence-electron chi connectivity index (χ2n) is 12.3. The first-order chi connectivity index (χ1) is 19.2. The van der Waals surface area contributed by atoms with Gasteiger partial charge in [-0.05, 0) is 78.4 Å². The molecule has 1 aromatic carbocycles. The highest BCUT2D eigenvalue weighted by atomic mass is 32.2. The number of benzene rings is 1. The van der Waals surface area contributed by atoms with E-state index in [2.05, 4.69) is 72.6 Å². The Labute approximate surface area is 242 Å². The number of anilines is 1. The summed E-state index contributed by atoms with van der Waals surface area (Å²) in [5.74, 6) is 0.782. The van der Waals surface area contributed by atoms with E-state index in [-0.39, 0.29) is 45.9 Å². The van der Waals surface area contributed by atoms with Crippen LogP contribution in [-0.4, -0.2) is 53.6 Å². The molecule has 0 bridgehead atoms. The molecule has 2 aliphatic carbocycles. The van der Waals surface area contributed by atoms with Crippen LogP contribution in [0, 0.1) is 16.7 Å². The summed E-state index contributed by atoms with van der Waals surface area (Å²) < 4.78 is 7.43. The van der Waals surface area contributed by atoms with Gasteiger partial charge in [-0.25, -0.2) is 4.98 Å². The van der Waals surface area contributed by atoms with Crippen molar-refractivity contribution in [1.82, 2.24) is 9.55 Å². The fourth-order valence-corrected chi connectivity index (χ4v) is 6.32. The number of hydrogen-bond donors (Lipinski definition) is 1. The van der Waals surface area contributed by atoms with Crippen LogP contribution in [0.4, 0.5) is 5.69 Å². The first-order valence-corrected chi connectivity index (χ1v) is 16.5. The highest BCUT2D eigenvalue weighted by molar-refractivity contribution is 7.95. The van der Waals surface area contributed by atoms with Crippen molar-refractivity contribution >= 4 is 34.8 Å². The minimum atomic E-state index is -0.346. The number of imidazole rings is 1. The van der Waals surface area contributed by atoms with Gasteiger partial charge in [0.25, 0.3) is 5.91 Å². The molecule has 4 rings (SSSR count). The van der Waals surface area contributed by atoms with Crippen LogP contribution in [-0.2, 0) is 27.8 Å². The predicted molar refractivity (Wildman–Crippen MR) is 166 cm³/mol. The maximum absolute atomic E-state index is 13.6. The Bertz CT molecular complexity index is 1280. The Kier molecular flexibility index (Phi) is 9.91. The molecule has 0 radical (unpaired) electrons. The number of rotatable bonds is 11. The van der Waals surface area contributed by atoms with Crippen molar-refractivity contribution in [2.24, 2.45) is 10.4 Å². The first kappa shape index (κ1) is 30.1. The van der Waals surface area contributed by atoms with E-state index in [4.69, 9.17) is 4.74 Å². The number of hydrogen-bond acceptors (Lipinski definition) is 5. The molecule has 2 aliphatic rings. The van der Waals surface area contributed by atoms with E-state index in [1.54, 1.807) is 10.8 Å². The van der Waals surface area contributed by atoms with Crippen LogP contribution in [0.25, 0.3) is 5.57 Å². The average molecular weight is 563 g/mol. The van der Waals surface area contributed by atoms with Gasteiger partial charge in [-0.15, -0.1) is 0 Å². The summed E-state index contributed by atoms with van der Waals surface area (Å²) in [6, 6.07) is 8.55. The molecule has 7 nitrogen and oxygen atoms in total. The Hall–Kier alpha value is -2.89. The fourth-order valence-electron chi connectivity index (χ4n) is 5.87. The topological polar surface area (TPSA) is 92.3 Å². The minimum Gasteiger partial charge on any atom is -0.356 e. The number of nitrogens with one attached hydrogen (secondary N) is 1. The molecule has 1 fully saturated rings. The number of carbonyl (C=O) groups excluding carboxylic acids is 1. The summed E-state index contributed by atoms with van der Waals surface area (Å²) in [5, 5.41) is 12.6. The second-order valence-corrected chi connectivity index (χ2v) is 14.7. The zero-order valence-corrected chi connectivity index (χ0v) is 25.4. The van der Waals surface area contributed by atoms with Crippen molar-refractivity contribution in [2.45, 2.75) is 77.4 Å². The van der Waals surface area contributed by atoms with E-state index < -0.39 is 0 Å². The van der Waals surface area contributed by atoms with E-state index in [9.17, 15) is 10.1 Å². The quantitative estimate of drug-likeness (QED) is 0.196. The number of ether oxygens (including phenoxy) is 1. The summed E-state index contributed by atoms with van der Waals surface area (Å²) in [6.07, 6.45) is 17.2. The summed E-state index contributed by atoms with van der Waals surface area (Å²) in [5.41, 5.74) is 4.87. The zero-order chi connectivity index (χ0) is 28.8. The normalized spacial score (nSPS) is 18.1. The molecule has 214 valence electrons. The van der Waals surface area contributed by atoms with Gasteiger partial charge >= 0.3 is 0 Å². The van der Waals surface area contributed by atoms with Crippen molar-refractivity contribution in [3.05, 3.63) is 53.1 Å². The van der Waals surface area contributed by atoms with Crippen molar-refractivity contribution in [3.8, 4) is 6.07 Å². The van der Waals surface area contributed by atoms with E-state index in [1.807, 2.05) is 6.07 Å². The average Bonchev–Trinajstić information content (AvgIpc) is 3.35. The van der Waals surface area contributed by atoms with E-state index >= 15 is 0 Å². The molecule has 1 N–H and O–H groups in total. The SMILES string of the molecule is C=NCC1(c2ccc(NC(=O)c3nc(C#N)cn3COCC[S+](C)C)c(C3=CCC(C)(C)CC3)c2)CCCCC1. The van der Waals surface area contributed by atoms with Gasteiger partial charge in [-0.1, -0.05) is 45.3 Å². The van der Waals surface area contributed by atoms with Crippen molar-refractivity contribution in [1.29, 1.82) is 5.26 Å². The molecule has 2 aromatic rings. The highest BCUT2D eigenvalue weighted by Crippen LogP contribution is 2.44. The van der Waals surface area contributed by atoms with Crippen LogP contribution < -0.4 is 5.32 Å². The lowest BCUT2D eigenvalue weighted by atomic mass is 9.68. The van der Waals surface area contributed by atoms with Gasteiger partial charge in [0.05, 0.1) is 19.1 Å². The maximum atomic E-state index is 13.6. The number of aliphatic imine (C=N–C) groups is 1. The Morgan fingerprint density at radius 3 is 2.67 bits per heavy atom. The lowest BCUT2D eigenvalue weighted by Crippen LogP contribution is -2.32.